The van der Waals surface area contributed by atoms with Crippen molar-refractivity contribution < 1.29 is 4.79 Å². The van der Waals surface area contributed by atoms with Gasteiger partial charge in [0.05, 0.1) is 0 Å². The molecular formula is C21H35N3O. The van der Waals surface area contributed by atoms with E-state index in [9.17, 15) is 4.79 Å². The summed E-state index contributed by atoms with van der Waals surface area (Å²) in [5, 5.41) is 3.05. The van der Waals surface area contributed by atoms with Crippen molar-refractivity contribution in [3.8, 4) is 0 Å². The highest BCUT2D eigenvalue weighted by molar-refractivity contribution is 5.94. The van der Waals surface area contributed by atoms with Gasteiger partial charge in [0.25, 0.3) is 5.91 Å². The predicted octanol–water partition coefficient (Wildman–Crippen LogP) is 3.13. The van der Waals surface area contributed by atoms with Crippen molar-refractivity contribution in [3.05, 3.63) is 35.4 Å². The van der Waals surface area contributed by atoms with Crippen LogP contribution in [0.25, 0.3) is 0 Å². The molecule has 1 aliphatic heterocycles. The van der Waals surface area contributed by atoms with E-state index in [1.165, 1.54) is 31.7 Å². The maximum atomic E-state index is 12.2. The average Bonchev–Trinajstić information content (AvgIpc) is 2.61. The molecule has 4 heteroatoms. The number of hydrogen-bond acceptors (Lipinski definition) is 3. The second-order valence-electron chi connectivity index (χ2n) is 8.07. The fourth-order valence-corrected chi connectivity index (χ4v) is 3.22. The Balaban J connectivity index is 1.62. The summed E-state index contributed by atoms with van der Waals surface area (Å²) in [6, 6.07) is 7.99. The van der Waals surface area contributed by atoms with Crippen LogP contribution in [0.15, 0.2) is 24.3 Å². The minimum absolute atomic E-state index is 0.0389. The Morgan fingerprint density at radius 2 is 1.60 bits per heavy atom. The molecule has 1 N–H and O–H groups in total. The van der Waals surface area contributed by atoms with Gasteiger partial charge in [-0.15, -0.1) is 0 Å². The number of rotatable bonds is 7. The van der Waals surface area contributed by atoms with Crippen molar-refractivity contribution in [1.82, 2.24) is 15.1 Å². The first-order valence-corrected chi connectivity index (χ1v) is 9.73. The summed E-state index contributed by atoms with van der Waals surface area (Å²) in [4.78, 5) is 17.3. The molecule has 0 aliphatic carbocycles. The number of carbonyl (C=O) groups excluding carboxylic acids is 1. The monoisotopic (exact) mass is 345 g/mol. The zero-order valence-corrected chi connectivity index (χ0v) is 16.5. The molecular weight excluding hydrogens is 310 g/mol. The Morgan fingerprint density at radius 3 is 2.16 bits per heavy atom. The highest BCUT2D eigenvalue weighted by atomic mass is 16.1. The fraction of sp³-hybridized carbons (Fsp3) is 0.667. The van der Waals surface area contributed by atoms with Crippen molar-refractivity contribution >= 4 is 5.91 Å². The van der Waals surface area contributed by atoms with Gasteiger partial charge in [-0.2, -0.15) is 0 Å². The summed E-state index contributed by atoms with van der Waals surface area (Å²) in [6.07, 6.45) is 2.19. The average molecular weight is 346 g/mol. The molecule has 1 aromatic carbocycles. The number of likely N-dealkylation sites (N-methyl/N-ethyl adjacent to an activating group) is 1. The molecule has 0 spiro atoms. The van der Waals surface area contributed by atoms with Crippen LogP contribution in [0.1, 0.15) is 56.5 Å². The fourth-order valence-electron chi connectivity index (χ4n) is 3.22. The third kappa shape index (κ3) is 6.44. The molecule has 0 unspecified atom stereocenters. The summed E-state index contributed by atoms with van der Waals surface area (Å²) in [6.45, 7) is 16.6. The standard InChI is InChI=1S/C21H35N3O/c1-5-23-14-16-24(17-15-23)13-7-6-12-22-20(25)18-8-10-19(11-9-18)21(2,3)4/h8-11H,5-7,12-17H2,1-4H3,(H,22,25). The highest BCUT2D eigenvalue weighted by Crippen LogP contribution is 2.22. The molecule has 1 saturated heterocycles. The van der Waals surface area contributed by atoms with Gasteiger partial charge in [0.1, 0.15) is 0 Å². The molecule has 1 fully saturated rings. The lowest BCUT2D eigenvalue weighted by atomic mass is 9.87. The number of nitrogens with one attached hydrogen (secondary N) is 1. The van der Waals surface area contributed by atoms with Crippen LogP contribution in [-0.4, -0.2) is 61.5 Å². The molecule has 140 valence electrons. The number of amides is 1. The van der Waals surface area contributed by atoms with Crippen molar-refractivity contribution in [2.75, 3.05) is 45.8 Å². The van der Waals surface area contributed by atoms with Crippen LogP contribution in [0.5, 0.6) is 0 Å². The Kier molecular flexibility index (Phi) is 7.45. The van der Waals surface area contributed by atoms with Crippen molar-refractivity contribution in [2.24, 2.45) is 0 Å². The van der Waals surface area contributed by atoms with Gasteiger partial charge in [-0.1, -0.05) is 39.8 Å². The molecule has 2 rings (SSSR count). The normalized spacial score (nSPS) is 16.8. The smallest absolute Gasteiger partial charge is 0.251 e. The van der Waals surface area contributed by atoms with Crippen LogP contribution in [0.4, 0.5) is 0 Å². The van der Waals surface area contributed by atoms with E-state index in [4.69, 9.17) is 0 Å². The van der Waals surface area contributed by atoms with Gasteiger partial charge >= 0.3 is 0 Å². The van der Waals surface area contributed by atoms with Gasteiger partial charge in [0.15, 0.2) is 0 Å². The van der Waals surface area contributed by atoms with Gasteiger partial charge in [-0.25, -0.2) is 0 Å². The number of piperazine rings is 1. The maximum absolute atomic E-state index is 12.2. The minimum Gasteiger partial charge on any atom is -0.352 e. The molecule has 1 heterocycles. The summed E-state index contributed by atoms with van der Waals surface area (Å²) in [7, 11) is 0. The molecule has 0 saturated carbocycles. The van der Waals surface area contributed by atoms with E-state index in [1.807, 2.05) is 12.1 Å². The lowest BCUT2D eigenvalue weighted by Gasteiger charge is -2.33. The van der Waals surface area contributed by atoms with E-state index in [0.717, 1.165) is 38.0 Å². The Labute approximate surface area is 153 Å². The molecule has 1 aliphatic rings. The van der Waals surface area contributed by atoms with Gasteiger partial charge in [0.2, 0.25) is 0 Å². The van der Waals surface area contributed by atoms with Crippen molar-refractivity contribution in [3.63, 3.8) is 0 Å². The molecule has 0 radical (unpaired) electrons. The SMILES string of the molecule is CCN1CCN(CCCCNC(=O)c2ccc(C(C)(C)C)cc2)CC1. The van der Waals surface area contributed by atoms with Gasteiger partial charge in [-0.3, -0.25) is 4.79 Å². The first-order chi connectivity index (χ1) is 11.9. The number of carbonyl (C=O) groups is 1. The zero-order chi connectivity index (χ0) is 18.3. The second-order valence-corrected chi connectivity index (χ2v) is 8.07. The first-order valence-electron chi connectivity index (χ1n) is 9.73. The van der Waals surface area contributed by atoms with E-state index < -0.39 is 0 Å². The third-order valence-corrected chi connectivity index (χ3v) is 5.11. The summed E-state index contributed by atoms with van der Waals surface area (Å²) < 4.78 is 0. The van der Waals surface area contributed by atoms with E-state index in [-0.39, 0.29) is 11.3 Å². The second kappa shape index (κ2) is 9.35. The van der Waals surface area contributed by atoms with E-state index in [1.54, 1.807) is 0 Å². The van der Waals surface area contributed by atoms with Crippen LogP contribution in [-0.2, 0) is 5.41 Å². The Bertz CT molecular complexity index is 525. The molecule has 4 nitrogen and oxygen atoms in total. The van der Waals surface area contributed by atoms with Crippen molar-refractivity contribution in [2.45, 2.75) is 46.0 Å². The topological polar surface area (TPSA) is 35.6 Å². The Hall–Kier alpha value is -1.39. The maximum Gasteiger partial charge on any atom is 0.251 e. The number of nitrogens with zero attached hydrogens (tertiary/aromatic N) is 2. The van der Waals surface area contributed by atoms with Crippen LogP contribution in [0.2, 0.25) is 0 Å². The molecule has 0 aromatic heterocycles. The van der Waals surface area contributed by atoms with Crippen LogP contribution >= 0.6 is 0 Å². The summed E-state index contributed by atoms with van der Waals surface area (Å²) >= 11 is 0. The van der Waals surface area contributed by atoms with Gasteiger partial charge in [0, 0.05) is 38.3 Å². The minimum atomic E-state index is 0.0389. The largest absolute Gasteiger partial charge is 0.352 e. The van der Waals surface area contributed by atoms with Crippen LogP contribution in [0, 0.1) is 0 Å². The van der Waals surface area contributed by atoms with Crippen LogP contribution in [0.3, 0.4) is 0 Å². The predicted molar refractivity (Wildman–Crippen MR) is 105 cm³/mol. The molecule has 0 bridgehead atoms. The number of unbranched alkanes of at least 4 members (excludes halogenated alkanes) is 1. The van der Waals surface area contributed by atoms with E-state index in [2.05, 4.69) is 54.9 Å². The first kappa shape index (κ1) is 19.9. The molecule has 0 atom stereocenters. The van der Waals surface area contributed by atoms with Crippen LogP contribution < -0.4 is 5.32 Å². The summed E-state index contributed by atoms with van der Waals surface area (Å²) in [5.74, 6) is 0.0389. The van der Waals surface area contributed by atoms with Gasteiger partial charge < -0.3 is 15.1 Å². The molecule has 1 aromatic rings. The Morgan fingerprint density at radius 1 is 1.00 bits per heavy atom. The third-order valence-electron chi connectivity index (χ3n) is 5.11. The van der Waals surface area contributed by atoms with Crippen molar-refractivity contribution in [1.29, 1.82) is 0 Å². The summed E-state index contributed by atoms with van der Waals surface area (Å²) in [5.41, 5.74) is 2.13. The van der Waals surface area contributed by atoms with E-state index >= 15 is 0 Å². The molecule has 25 heavy (non-hydrogen) atoms. The lowest BCUT2D eigenvalue weighted by molar-refractivity contribution is 0.0951. The molecule has 1 amide bonds. The highest BCUT2D eigenvalue weighted by Gasteiger charge is 2.15. The number of hydrogen-bond donors (Lipinski definition) is 1. The lowest BCUT2D eigenvalue weighted by Crippen LogP contribution is -2.46. The van der Waals surface area contributed by atoms with E-state index in [0.29, 0.717) is 0 Å². The number of benzene rings is 1. The quantitative estimate of drug-likeness (QED) is 0.771. The van der Waals surface area contributed by atoms with Gasteiger partial charge in [-0.05, 0) is 49.0 Å². The zero-order valence-electron chi connectivity index (χ0n) is 16.5.